The van der Waals surface area contributed by atoms with Crippen LogP contribution in [-0.4, -0.2) is 0 Å². The third-order valence-corrected chi connectivity index (χ3v) is 3.10. The zero-order valence-electron chi connectivity index (χ0n) is 9.13. The van der Waals surface area contributed by atoms with Gasteiger partial charge in [-0.3, -0.25) is 0 Å². The summed E-state index contributed by atoms with van der Waals surface area (Å²) in [6.45, 7) is 4.35. The van der Waals surface area contributed by atoms with Crippen molar-refractivity contribution in [2.75, 3.05) is 0 Å². The maximum atomic E-state index is 12.9. The second kappa shape index (κ2) is 5.61. The van der Waals surface area contributed by atoms with E-state index >= 15 is 0 Å². The summed E-state index contributed by atoms with van der Waals surface area (Å²) in [5, 5.41) is 0. The van der Waals surface area contributed by atoms with Crippen LogP contribution in [0.4, 0.5) is 4.39 Å². The molecule has 2 N–H and O–H groups in total. The molecular weight excluding hydrogens is 257 g/mol. The van der Waals surface area contributed by atoms with Crippen LogP contribution in [0.2, 0.25) is 0 Å². The van der Waals surface area contributed by atoms with E-state index in [9.17, 15) is 4.39 Å². The van der Waals surface area contributed by atoms with Crippen LogP contribution in [0.15, 0.2) is 22.7 Å². The van der Waals surface area contributed by atoms with Crippen molar-refractivity contribution < 1.29 is 4.39 Å². The summed E-state index contributed by atoms with van der Waals surface area (Å²) >= 11 is 3.33. The van der Waals surface area contributed by atoms with Gasteiger partial charge in [0.05, 0.1) is 0 Å². The first kappa shape index (κ1) is 12.7. The molecule has 0 aliphatic rings. The van der Waals surface area contributed by atoms with E-state index in [1.165, 1.54) is 12.1 Å². The highest BCUT2D eigenvalue weighted by Crippen LogP contribution is 2.26. The Morgan fingerprint density at radius 2 is 2.00 bits per heavy atom. The molecule has 1 aromatic rings. The maximum Gasteiger partial charge on any atom is 0.124 e. The standard InChI is InChI=1S/C12H17BrFN/c1-8(2)3-6-12(15)10-5-4-9(14)7-11(10)13/h4-5,7-8,12H,3,6,15H2,1-2H3/t12-/m0/s1. The Morgan fingerprint density at radius 1 is 1.33 bits per heavy atom. The summed E-state index contributed by atoms with van der Waals surface area (Å²) in [5.41, 5.74) is 7.03. The van der Waals surface area contributed by atoms with E-state index in [1.54, 1.807) is 6.07 Å². The number of hydrogen-bond donors (Lipinski definition) is 1. The fourth-order valence-corrected chi connectivity index (χ4v) is 2.12. The zero-order valence-corrected chi connectivity index (χ0v) is 10.7. The molecule has 3 heteroatoms. The Morgan fingerprint density at radius 3 is 2.53 bits per heavy atom. The number of rotatable bonds is 4. The molecule has 15 heavy (non-hydrogen) atoms. The Balaban J connectivity index is 2.69. The molecule has 0 spiro atoms. The van der Waals surface area contributed by atoms with Gasteiger partial charge in [0, 0.05) is 10.5 Å². The van der Waals surface area contributed by atoms with Gasteiger partial charge in [0.25, 0.3) is 0 Å². The van der Waals surface area contributed by atoms with Crippen molar-refractivity contribution >= 4 is 15.9 Å². The van der Waals surface area contributed by atoms with Gasteiger partial charge in [-0.25, -0.2) is 4.39 Å². The first-order valence-corrected chi connectivity index (χ1v) is 6.00. The zero-order chi connectivity index (χ0) is 11.4. The van der Waals surface area contributed by atoms with Crippen LogP contribution >= 0.6 is 15.9 Å². The fraction of sp³-hybridized carbons (Fsp3) is 0.500. The van der Waals surface area contributed by atoms with Gasteiger partial charge in [-0.05, 0) is 36.5 Å². The number of nitrogens with two attached hydrogens (primary N) is 1. The second-order valence-corrected chi connectivity index (χ2v) is 5.10. The first-order valence-electron chi connectivity index (χ1n) is 5.21. The van der Waals surface area contributed by atoms with Crippen molar-refractivity contribution in [1.82, 2.24) is 0 Å². The molecule has 0 bridgehead atoms. The van der Waals surface area contributed by atoms with Crippen LogP contribution in [-0.2, 0) is 0 Å². The lowest BCUT2D eigenvalue weighted by Gasteiger charge is -2.15. The average Bonchev–Trinajstić information content (AvgIpc) is 2.14. The summed E-state index contributed by atoms with van der Waals surface area (Å²) in [7, 11) is 0. The summed E-state index contributed by atoms with van der Waals surface area (Å²) < 4.78 is 13.6. The van der Waals surface area contributed by atoms with Gasteiger partial charge in [-0.2, -0.15) is 0 Å². The molecule has 0 radical (unpaired) electrons. The number of hydrogen-bond acceptors (Lipinski definition) is 1. The molecule has 1 nitrogen and oxygen atoms in total. The van der Waals surface area contributed by atoms with Crippen molar-refractivity contribution in [2.24, 2.45) is 11.7 Å². The van der Waals surface area contributed by atoms with Gasteiger partial charge in [-0.1, -0.05) is 35.8 Å². The summed E-state index contributed by atoms with van der Waals surface area (Å²) in [6, 6.07) is 4.66. The molecule has 0 fully saturated rings. The quantitative estimate of drug-likeness (QED) is 0.881. The van der Waals surface area contributed by atoms with Crippen molar-refractivity contribution in [2.45, 2.75) is 32.7 Å². The van der Waals surface area contributed by atoms with E-state index < -0.39 is 0 Å². The molecule has 1 atom stereocenters. The monoisotopic (exact) mass is 273 g/mol. The minimum absolute atomic E-state index is 0.0117. The highest BCUT2D eigenvalue weighted by molar-refractivity contribution is 9.10. The Bertz CT molecular complexity index is 325. The van der Waals surface area contributed by atoms with Gasteiger partial charge in [0.15, 0.2) is 0 Å². The molecule has 1 aromatic carbocycles. The maximum absolute atomic E-state index is 12.9. The molecule has 0 aromatic heterocycles. The summed E-state index contributed by atoms with van der Waals surface area (Å²) in [6.07, 6.45) is 2.02. The lowest BCUT2D eigenvalue weighted by Crippen LogP contribution is -2.12. The number of halogens is 2. The normalized spacial score (nSPS) is 13.2. The molecule has 0 heterocycles. The molecule has 0 saturated heterocycles. The van der Waals surface area contributed by atoms with Crippen molar-refractivity contribution in [3.8, 4) is 0 Å². The fourth-order valence-electron chi connectivity index (χ4n) is 1.47. The predicted octanol–water partition coefficient (Wildman–Crippen LogP) is 4.02. The van der Waals surface area contributed by atoms with E-state index in [0.717, 1.165) is 22.9 Å². The first-order chi connectivity index (χ1) is 7.00. The minimum Gasteiger partial charge on any atom is -0.324 e. The molecular formula is C12H17BrFN. The van der Waals surface area contributed by atoms with Crippen molar-refractivity contribution in [3.05, 3.63) is 34.1 Å². The van der Waals surface area contributed by atoms with Crippen LogP contribution in [0, 0.1) is 11.7 Å². The van der Waals surface area contributed by atoms with Gasteiger partial charge in [-0.15, -0.1) is 0 Å². The van der Waals surface area contributed by atoms with E-state index in [0.29, 0.717) is 5.92 Å². The van der Waals surface area contributed by atoms with E-state index in [2.05, 4.69) is 29.8 Å². The van der Waals surface area contributed by atoms with E-state index in [1.807, 2.05) is 0 Å². The molecule has 84 valence electrons. The highest BCUT2D eigenvalue weighted by atomic mass is 79.9. The van der Waals surface area contributed by atoms with Gasteiger partial charge in [0.2, 0.25) is 0 Å². The molecule has 0 saturated carbocycles. The molecule has 0 unspecified atom stereocenters. The molecule has 0 amide bonds. The van der Waals surface area contributed by atoms with Gasteiger partial charge < -0.3 is 5.73 Å². The van der Waals surface area contributed by atoms with Gasteiger partial charge in [0.1, 0.15) is 5.82 Å². The van der Waals surface area contributed by atoms with Crippen LogP contribution in [0.3, 0.4) is 0 Å². The second-order valence-electron chi connectivity index (χ2n) is 4.24. The predicted molar refractivity (Wildman–Crippen MR) is 65.1 cm³/mol. The third-order valence-electron chi connectivity index (χ3n) is 2.42. The average molecular weight is 274 g/mol. The Hall–Kier alpha value is -0.410. The van der Waals surface area contributed by atoms with Crippen molar-refractivity contribution in [3.63, 3.8) is 0 Å². The largest absolute Gasteiger partial charge is 0.324 e. The lowest BCUT2D eigenvalue weighted by molar-refractivity contribution is 0.505. The van der Waals surface area contributed by atoms with Crippen LogP contribution in [0.25, 0.3) is 0 Å². The minimum atomic E-state index is -0.235. The lowest BCUT2D eigenvalue weighted by atomic mass is 9.98. The third kappa shape index (κ3) is 3.92. The van der Waals surface area contributed by atoms with E-state index in [4.69, 9.17) is 5.73 Å². The highest BCUT2D eigenvalue weighted by Gasteiger charge is 2.10. The van der Waals surface area contributed by atoms with Gasteiger partial charge >= 0.3 is 0 Å². The smallest absolute Gasteiger partial charge is 0.124 e. The molecule has 0 aliphatic heterocycles. The van der Waals surface area contributed by atoms with Crippen molar-refractivity contribution in [1.29, 1.82) is 0 Å². The van der Waals surface area contributed by atoms with Crippen LogP contribution in [0.5, 0.6) is 0 Å². The van der Waals surface area contributed by atoms with Crippen LogP contribution in [0.1, 0.15) is 38.3 Å². The summed E-state index contributed by atoms with van der Waals surface area (Å²) in [4.78, 5) is 0. The topological polar surface area (TPSA) is 26.0 Å². The Labute approximate surface area is 99.0 Å². The Kier molecular flexibility index (Phi) is 4.74. The molecule has 0 aliphatic carbocycles. The SMILES string of the molecule is CC(C)CC[C@H](N)c1ccc(F)cc1Br. The van der Waals surface area contributed by atoms with E-state index in [-0.39, 0.29) is 11.9 Å². The molecule has 1 rings (SSSR count). The van der Waals surface area contributed by atoms with Crippen LogP contribution < -0.4 is 5.73 Å². The summed E-state index contributed by atoms with van der Waals surface area (Å²) in [5.74, 6) is 0.414. The number of benzene rings is 1.